The fourth-order valence-electron chi connectivity index (χ4n) is 2.46. The summed E-state index contributed by atoms with van der Waals surface area (Å²) in [6.07, 6.45) is 11.8. The summed E-state index contributed by atoms with van der Waals surface area (Å²) in [7, 11) is 0. The van der Waals surface area contributed by atoms with Gasteiger partial charge in [0, 0.05) is 6.61 Å². The van der Waals surface area contributed by atoms with Gasteiger partial charge in [-0.1, -0.05) is 69.7 Å². The predicted molar refractivity (Wildman–Crippen MR) is 91.5 cm³/mol. The molecule has 0 amide bonds. The van der Waals surface area contributed by atoms with Gasteiger partial charge in [-0.25, -0.2) is 0 Å². The lowest BCUT2D eigenvalue weighted by atomic mass is 10.0. The molecule has 1 rings (SSSR count). The summed E-state index contributed by atoms with van der Waals surface area (Å²) < 4.78 is 5.57. The van der Waals surface area contributed by atoms with Crippen molar-refractivity contribution < 1.29 is 4.74 Å². The highest BCUT2D eigenvalue weighted by Crippen LogP contribution is 2.12. The van der Waals surface area contributed by atoms with Crippen LogP contribution in [0.3, 0.4) is 0 Å². The monoisotopic (exact) mass is 291 g/mol. The summed E-state index contributed by atoms with van der Waals surface area (Å²) in [6.45, 7) is 4.44. The summed E-state index contributed by atoms with van der Waals surface area (Å²) in [4.78, 5) is 0. The van der Waals surface area contributed by atoms with E-state index in [9.17, 15) is 0 Å². The number of rotatable bonds is 13. The van der Waals surface area contributed by atoms with Crippen molar-refractivity contribution in [2.45, 2.75) is 71.3 Å². The van der Waals surface area contributed by atoms with Gasteiger partial charge in [-0.05, 0) is 36.9 Å². The van der Waals surface area contributed by atoms with Crippen LogP contribution in [0.15, 0.2) is 24.3 Å². The Hall–Kier alpha value is -0.860. The summed E-state index contributed by atoms with van der Waals surface area (Å²) in [5.41, 5.74) is 8.15. The molecular weight excluding hydrogens is 258 g/mol. The summed E-state index contributed by atoms with van der Waals surface area (Å²) in [5.74, 6) is 0. The zero-order valence-electron chi connectivity index (χ0n) is 13.8. The van der Waals surface area contributed by atoms with Crippen LogP contribution < -0.4 is 5.73 Å². The van der Waals surface area contributed by atoms with Crippen LogP contribution in [-0.2, 0) is 17.8 Å². The van der Waals surface area contributed by atoms with Crippen LogP contribution in [-0.4, -0.2) is 13.2 Å². The van der Waals surface area contributed by atoms with E-state index in [0.717, 1.165) is 13.0 Å². The third-order valence-electron chi connectivity index (χ3n) is 3.85. The van der Waals surface area contributed by atoms with Crippen LogP contribution >= 0.6 is 0 Å². The van der Waals surface area contributed by atoms with E-state index in [1.807, 2.05) is 0 Å². The average molecular weight is 291 g/mol. The van der Waals surface area contributed by atoms with E-state index < -0.39 is 0 Å². The number of aryl methyl sites for hydroxylation is 1. The molecule has 0 aliphatic carbocycles. The Morgan fingerprint density at radius 1 is 0.810 bits per heavy atom. The standard InChI is InChI=1S/C19H33NO/c1-2-3-4-5-6-7-8-10-18-11-13-19(14-12-18)17-21-16-9-15-20/h11-14H,2-10,15-17,20H2,1H3. The molecule has 0 aliphatic heterocycles. The molecule has 21 heavy (non-hydrogen) atoms. The van der Waals surface area contributed by atoms with Crippen molar-refractivity contribution in [2.24, 2.45) is 5.73 Å². The van der Waals surface area contributed by atoms with Crippen molar-refractivity contribution in [2.75, 3.05) is 13.2 Å². The van der Waals surface area contributed by atoms with Gasteiger partial charge in [-0.2, -0.15) is 0 Å². The lowest BCUT2D eigenvalue weighted by Gasteiger charge is -2.06. The van der Waals surface area contributed by atoms with E-state index in [2.05, 4.69) is 31.2 Å². The maximum atomic E-state index is 5.57. The van der Waals surface area contributed by atoms with E-state index in [1.165, 1.54) is 62.5 Å². The van der Waals surface area contributed by atoms with Crippen LogP contribution in [0.25, 0.3) is 0 Å². The van der Waals surface area contributed by atoms with Gasteiger partial charge in [-0.15, -0.1) is 0 Å². The molecule has 2 N–H and O–H groups in total. The van der Waals surface area contributed by atoms with Gasteiger partial charge in [0.25, 0.3) is 0 Å². The molecule has 2 nitrogen and oxygen atoms in total. The van der Waals surface area contributed by atoms with Gasteiger partial charge in [0.05, 0.1) is 6.61 Å². The fourth-order valence-corrected chi connectivity index (χ4v) is 2.46. The number of hydrogen-bond acceptors (Lipinski definition) is 2. The zero-order chi connectivity index (χ0) is 15.2. The van der Waals surface area contributed by atoms with Gasteiger partial charge in [0.1, 0.15) is 0 Å². The van der Waals surface area contributed by atoms with E-state index >= 15 is 0 Å². The van der Waals surface area contributed by atoms with Crippen molar-refractivity contribution in [1.29, 1.82) is 0 Å². The van der Waals surface area contributed by atoms with Crippen LogP contribution in [0, 0.1) is 0 Å². The average Bonchev–Trinajstić information content (AvgIpc) is 2.52. The van der Waals surface area contributed by atoms with Gasteiger partial charge in [-0.3, -0.25) is 0 Å². The first-order valence-electron chi connectivity index (χ1n) is 8.72. The lowest BCUT2D eigenvalue weighted by Crippen LogP contribution is -2.04. The maximum Gasteiger partial charge on any atom is 0.0716 e. The van der Waals surface area contributed by atoms with Crippen molar-refractivity contribution in [1.82, 2.24) is 0 Å². The van der Waals surface area contributed by atoms with Crippen molar-refractivity contribution >= 4 is 0 Å². The Morgan fingerprint density at radius 2 is 1.43 bits per heavy atom. The summed E-state index contributed by atoms with van der Waals surface area (Å²) in [5, 5.41) is 0. The highest BCUT2D eigenvalue weighted by atomic mass is 16.5. The van der Waals surface area contributed by atoms with Crippen LogP contribution in [0.2, 0.25) is 0 Å². The fraction of sp³-hybridized carbons (Fsp3) is 0.684. The second-order valence-corrected chi connectivity index (χ2v) is 5.88. The molecule has 0 spiro atoms. The third-order valence-corrected chi connectivity index (χ3v) is 3.85. The Bertz CT molecular complexity index is 334. The van der Waals surface area contributed by atoms with Crippen LogP contribution in [0.1, 0.15) is 69.4 Å². The van der Waals surface area contributed by atoms with Crippen molar-refractivity contribution in [3.8, 4) is 0 Å². The minimum atomic E-state index is 0.706. The normalized spacial score (nSPS) is 11.0. The second kappa shape index (κ2) is 12.8. The molecule has 0 radical (unpaired) electrons. The molecule has 1 aromatic rings. The molecule has 1 aromatic carbocycles. The molecule has 0 fully saturated rings. The molecule has 0 saturated carbocycles. The topological polar surface area (TPSA) is 35.2 Å². The van der Waals surface area contributed by atoms with Gasteiger partial charge in [0.2, 0.25) is 0 Å². The predicted octanol–water partition coefficient (Wildman–Crippen LogP) is 4.85. The minimum absolute atomic E-state index is 0.706. The number of nitrogens with two attached hydrogens (primary N) is 1. The first-order chi connectivity index (χ1) is 10.4. The van der Waals surface area contributed by atoms with Crippen LogP contribution in [0.5, 0.6) is 0 Å². The van der Waals surface area contributed by atoms with Crippen molar-refractivity contribution in [3.63, 3.8) is 0 Å². The van der Waals surface area contributed by atoms with E-state index in [4.69, 9.17) is 10.5 Å². The van der Waals surface area contributed by atoms with Gasteiger partial charge >= 0.3 is 0 Å². The first-order valence-corrected chi connectivity index (χ1v) is 8.72. The van der Waals surface area contributed by atoms with E-state index in [1.54, 1.807) is 0 Å². The first kappa shape index (κ1) is 18.2. The van der Waals surface area contributed by atoms with Crippen molar-refractivity contribution in [3.05, 3.63) is 35.4 Å². The Labute approximate surface area is 131 Å². The quantitative estimate of drug-likeness (QED) is 0.527. The highest BCUT2D eigenvalue weighted by molar-refractivity contribution is 5.22. The molecule has 2 heteroatoms. The second-order valence-electron chi connectivity index (χ2n) is 5.88. The minimum Gasteiger partial charge on any atom is -0.377 e. The zero-order valence-corrected chi connectivity index (χ0v) is 13.8. The Kier molecular flexibility index (Phi) is 11.1. The largest absolute Gasteiger partial charge is 0.377 e. The number of unbranched alkanes of at least 4 members (excludes halogenated alkanes) is 6. The molecule has 0 aromatic heterocycles. The molecule has 120 valence electrons. The van der Waals surface area contributed by atoms with E-state index in [-0.39, 0.29) is 0 Å². The molecule has 0 unspecified atom stereocenters. The van der Waals surface area contributed by atoms with Gasteiger partial charge < -0.3 is 10.5 Å². The molecule has 0 saturated heterocycles. The molecule has 0 aliphatic rings. The molecule has 0 bridgehead atoms. The van der Waals surface area contributed by atoms with Crippen LogP contribution in [0.4, 0.5) is 0 Å². The molecule has 0 heterocycles. The smallest absolute Gasteiger partial charge is 0.0716 e. The van der Waals surface area contributed by atoms with E-state index in [0.29, 0.717) is 13.2 Å². The molecular formula is C19H33NO. The number of benzene rings is 1. The summed E-state index contributed by atoms with van der Waals surface area (Å²) >= 11 is 0. The Morgan fingerprint density at radius 3 is 2.10 bits per heavy atom. The number of ether oxygens (including phenoxy) is 1. The third kappa shape index (κ3) is 9.65. The lowest BCUT2D eigenvalue weighted by molar-refractivity contribution is 0.120. The summed E-state index contributed by atoms with van der Waals surface area (Å²) in [6, 6.07) is 8.88. The molecule has 0 atom stereocenters. The number of hydrogen-bond donors (Lipinski definition) is 1. The maximum absolute atomic E-state index is 5.57. The van der Waals surface area contributed by atoms with Gasteiger partial charge in [0.15, 0.2) is 0 Å². The SMILES string of the molecule is CCCCCCCCCc1ccc(COCCCN)cc1. The highest BCUT2D eigenvalue weighted by Gasteiger charge is 1.97. The Balaban J connectivity index is 2.07.